The van der Waals surface area contributed by atoms with Gasteiger partial charge in [-0.3, -0.25) is 0 Å². The van der Waals surface area contributed by atoms with Gasteiger partial charge in [0.1, 0.15) is 17.3 Å². The van der Waals surface area contributed by atoms with Crippen LogP contribution in [0.25, 0.3) is 0 Å². The zero-order chi connectivity index (χ0) is 18.8. The van der Waals surface area contributed by atoms with Crippen LogP contribution in [0.4, 0.5) is 0 Å². The van der Waals surface area contributed by atoms with Crippen molar-refractivity contribution in [2.45, 2.75) is 32.2 Å². The summed E-state index contributed by atoms with van der Waals surface area (Å²) in [5.74, 6) is 6.62. The van der Waals surface area contributed by atoms with E-state index in [0.717, 1.165) is 53.8 Å². The molecule has 0 N–H and O–H groups in total. The van der Waals surface area contributed by atoms with Gasteiger partial charge in [0, 0.05) is 19.3 Å². The number of aryl methyl sites for hydroxylation is 3. The highest BCUT2D eigenvalue weighted by Crippen LogP contribution is 2.45. The molecule has 0 amide bonds. The van der Waals surface area contributed by atoms with Crippen LogP contribution in [-0.2, 0) is 19.3 Å². The van der Waals surface area contributed by atoms with E-state index in [4.69, 9.17) is 13.3 Å². The Hall–Kier alpha value is -0.893. The summed E-state index contributed by atoms with van der Waals surface area (Å²) in [4.78, 5) is 0. The van der Waals surface area contributed by atoms with Crippen LogP contribution in [0.3, 0.4) is 0 Å². The first-order valence-electron chi connectivity index (χ1n) is 9.29. The lowest BCUT2D eigenvalue weighted by atomic mass is 10.4. The van der Waals surface area contributed by atoms with E-state index in [1.807, 2.05) is 18.2 Å². The van der Waals surface area contributed by atoms with Crippen LogP contribution in [-0.4, -0.2) is 22.8 Å². The molecule has 0 aliphatic rings. The first-order chi connectivity index (χ1) is 13.3. The fourth-order valence-corrected chi connectivity index (χ4v) is 18.5. The van der Waals surface area contributed by atoms with Crippen LogP contribution >= 0.6 is 33.6 Å². The number of rotatable bonds is 13. The minimum atomic E-state index is -1.54. The predicted molar refractivity (Wildman–Crippen MR) is 121 cm³/mol. The van der Waals surface area contributed by atoms with E-state index in [-0.39, 0.29) is 0 Å². The Morgan fingerprint density at radius 1 is 0.667 bits per heavy atom. The quantitative estimate of drug-likeness (QED) is 0.278. The molecule has 7 heteroatoms. The van der Waals surface area contributed by atoms with Crippen molar-refractivity contribution in [3.05, 3.63) is 72.5 Å². The summed E-state index contributed by atoms with van der Waals surface area (Å²) in [5.41, 5.74) is -1.54. The molecule has 0 fully saturated rings. The predicted octanol–water partition coefficient (Wildman–Crippen LogP) is 6.65. The fourth-order valence-electron chi connectivity index (χ4n) is 2.72. The molecule has 3 heterocycles. The van der Waals surface area contributed by atoms with Gasteiger partial charge in [0.15, 0.2) is 0 Å². The van der Waals surface area contributed by atoms with Crippen LogP contribution in [0.15, 0.2) is 68.4 Å². The normalized spacial score (nSPS) is 11.9. The molecule has 0 atom stereocenters. The summed E-state index contributed by atoms with van der Waals surface area (Å²) in [6, 6.07) is 13.4. The molecular weight excluding hydrogens is 413 g/mol. The Morgan fingerprint density at radius 2 is 1.04 bits per heavy atom. The third kappa shape index (κ3) is 6.89. The summed E-state index contributed by atoms with van der Waals surface area (Å²) >= 11 is 6.56. The van der Waals surface area contributed by atoms with Gasteiger partial charge >= 0.3 is 0 Å². The molecular formula is C20H26O3S3Si. The van der Waals surface area contributed by atoms with Gasteiger partial charge in [0.05, 0.1) is 18.8 Å². The van der Waals surface area contributed by atoms with Crippen molar-refractivity contribution >= 4 is 39.2 Å². The summed E-state index contributed by atoms with van der Waals surface area (Å²) in [7, 11) is 0. The van der Waals surface area contributed by atoms with Gasteiger partial charge in [-0.15, -0.1) is 0 Å². The van der Waals surface area contributed by atoms with Crippen molar-refractivity contribution in [1.29, 1.82) is 0 Å². The Morgan fingerprint density at radius 3 is 1.30 bits per heavy atom. The van der Waals surface area contributed by atoms with Gasteiger partial charge in [-0.1, -0.05) is 6.92 Å². The van der Waals surface area contributed by atoms with Crippen molar-refractivity contribution in [3.63, 3.8) is 0 Å². The molecule has 3 aromatic heterocycles. The second-order valence-corrected chi connectivity index (χ2v) is 21.4. The van der Waals surface area contributed by atoms with Crippen molar-refractivity contribution in [3.8, 4) is 0 Å². The lowest BCUT2D eigenvalue weighted by Crippen LogP contribution is -2.24. The Bertz CT molecular complexity index is 628. The topological polar surface area (TPSA) is 39.4 Å². The van der Waals surface area contributed by atoms with E-state index in [9.17, 15) is 0 Å². The molecule has 0 aliphatic carbocycles. The molecule has 0 aromatic carbocycles. The maximum absolute atomic E-state index is 5.51. The highest BCUT2D eigenvalue weighted by atomic mass is 32.8. The molecule has 0 saturated heterocycles. The molecule has 0 spiro atoms. The summed E-state index contributed by atoms with van der Waals surface area (Å²) < 4.78 is 16.5. The Kier molecular flexibility index (Phi) is 8.63. The molecule has 0 saturated carbocycles. The van der Waals surface area contributed by atoms with Crippen LogP contribution in [0.1, 0.15) is 24.2 Å². The van der Waals surface area contributed by atoms with Crippen molar-refractivity contribution in [2.24, 2.45) is 0 Å². The van der Waals surface area contributed by atoms with Crippen molar-refractivity contribution < 1.29 is 13.3 Å². The van der Waals surface area contributed by atoms with Gasteiger partial charge in [0.25, 0.3) is 0 Å². The Labute approximate surface area is 174 Å². The molecule has 0 unspecified atom stereocenters. The molecule has 0 aliphatic heterocycles. The molecule has 27 heavy (non-hydrogen) atoms. The maximum Gasteiger partial charge on any atom is 0.237 e. The second kappa shape index (κ2) is 11.2. The third-order valence-corrected chi connectivity index (χ3v) is 22.4. The molecule has 0 radical (unpaired) electrons. The lowest BCUT2D eigenvalue weighted by Gasteiger charge is -2.28. The second-order valence-electron chi connectivity index (χ2n) is 6.07. The van der Waals surface area contributed by atoms with E-state index in [0.29, 0.717) is 0 Å². The highest BCUT2D eigenvalue weighted by Gasteiger charge is 2.33. The van der Waals surface area contributed by atoms with Crippen LogP contribution < -0.4 is 0 Å². The van der Waals surface area contributed by atoms with Gasteiger partial charge in [0.2, 0.25) is 5.52 Å². The molecule has 3 aromatic rings. The monoisotopic (exact) mass is 438 g/mol. The van der Waals surface area contributed by atoms with Gasteiger partial charge in [-0.05, 0) is 59.7 Å². The standard InChI is InChI=1S/C20H26O3S3Si/c1-2-27(24-15-9-18-6-3-12-21-18,25-16-10-19-7-4-13-22-19)26-17-11-20-8-5-14-23-20/h3-8,12-14H,2,9-11,15-17H2,1H3. The van der Waals surface area contributed by atoms with E-state index in [1.54, 1.807) is 18.8 Å². The fraction of sp³-hybridized carbons (Fsp3) is 0.400. The zero-order valence-corrected chi connectivity index (χ0v) is 19.0. The largest absolute Gasteiger partial charge is 0.469 e. The van der Waals surface area contributed by atoms with E-state index in [2.05, 4.69) is 58.8 Å². The van der Waals surface area contributed by atoms with E-state index < -0.39 is 5.52 Å². The average Bonchev–Trinajstić information content (AvgIpc) is 3.45. The van der Waals surface area contributed by atoms with E-state index in [1.165, 1.54) is 6.04 Å². The van der Waals surface area contributed by atoms with Crippen LogP contribution in [0.5, 0.6) is 0 Å². The van der Waals surface area contributed by atoms with Crippen LogP contribution in [0, 0.1) is 0 Å². The number of hydrogen-bond acceptors (Lipinski definition) is 6. The third-order valence-electron chi connectivity index (χ3n) is 4.18. The van der Waals surface area contributed by atoms with E-state index >= 15 is 0 Å². The average molecular weight is 439 g/mol. The first-order valence-corrected chi connectivity index (χ1v) is 16.6. The Balaban J connectivity index is 1.53. The van der Waals surface area contributed by atoms with Crippen molar-refractivity contribution in [2.75, 3.05) is 17.3 Å². The van der Waals surface area contributed by atoms with Gasteiger partial charge in [-0.2, -0.15) is 33.6 Å². The number of furan rings is 3. The first kappa shape index (κ1) is 20.8. The summed E-state index contributed by atoms with van der Waals surface area (Å²) in [6.07, 6.45) is 8.31. The minimum Gasteiger partial charge on any atom is -0.469 e. The lowest BCUT2D eigenvalue weighted by molar-refractivity contribution is 0.517. The smallest absolute Gasteiger partial charge is 0.237 e. The summed E-state index contributed by atoms with van der Waals surface area (Å²) in [6.45, 7) is 2.35. The maximum atomic E-state index is 5.51. The molecule has 146 valence electrons. The highest BCUT2D eigenvalue weighted by molar-refractivity contribution is 8.81. The summed E-state index contributed by atoms with van der Waals surface area (Å²) in [5, 5.41) is 0. The van der Waals surface area contributed by atoms with Crippen LogP contribution in [0.2, 0.25) is 6.04 Å². The van der Waals surface area contributed by atoms with Gasteiger partial charge in [-0.25, -0.2) is 0 Å². The number of hydrogen-bond donors (Lipinski definition) is 0. The molecule has 3 rings (SSSR count). The minimum absolute atomic E-state index is 1.00. The SMILES string of the molecule is CC[Si](SCCc1ccco1)(SCCc1ccco1)SCCc1ccco1. The zero-order valence-electron chi connectivity index (χ0n) is 15.6. The van der Waals surface area contributed by atoms with Crippen molar-refractivity contribution in [1.82, 2.24) is 0 Å². The molecule has 0 bridgehead atoms. The molecule has 3 nitrogen and oxygen atoms in total. The van der Waals surface area contributed by atoms with Gasteiger partial charge < -0.3 is 13.3 Å².